The number of H-pyrrole nitrogens is 3. The summed E-state index contributed by atoms with van der Waals surface area (Å²) < 4.78 is 5.48. The van der Waals surface area contributed by atoms with Crippen molar-refractivity contribution in [3.05, 3.63) is 78.9 Å². The molecule has 8 rings (SSSR count). The van der Waals surface area contributed by atoms with Crippen molar-refractivity contribution in [3.63, 3.8) is 0 Å². The minimum atomic E-state index is 0.244. The van der Waals surface area contributed by atoms with Gasteiger partial charge in [0.1, 0.15) is 29.8 Å². The summed E-state index contributed by atoms with van der Waals surface area (Å²) in [4.78, 5) is 29.9. The summed E-state index contributed by atoms with van der Waals surface area (Å²) in [7, 11) is 2.18. The molecule has 0 bridgehead atoms. The first kappa shape index (κ1) is 26.1. The zero-order chi connectivity index (χ0) is 29.6. The average Bonchev–Trinajstić information content (AvgIpc) is 3.80. The first-order chi connectivity index (χ1) is 21.6. The standard InChI is InChI=1S/C35H30N8O/c1-3-18-44-26-9-4-22(5-10-26)33-36-27-11-6-23(19-30(27)39-33)34-37-28-12-7-24(20-31(28)40-34)35-38-29-13-8-25(21-32(29)41-35)43-16-14-42(2)15-17-43/h1,4-13,19-21H,14-18H2,2H3,(H,36,39)(H,37,40)(H,38,41). The molecule has 0 aliphatic carbocycles. The summed E-state index contributed by atoms with van der Waals surface area (Å²) in [6.07, 6.45) is 5.28. The molecule has 1 saturated heterocycles. The predicted molar refractivity (Wildman–Crippen MR) is 176 cm³/mol. The lowest BCUT2D eigenvalue weighted by molar-refractivity contribution is 0.313. The number of ether oxygens (including phenoxy) is 1. The largest absolute Gasteiger partial charge is 0.481 e. The van der Waals surface area contributed by atoms with Gasteiger partial charge in [0, 0.05) is 48.6 Å². The number of benzene rings is 4. The van der Waals surface area contributed by atoms with Gasteiger partial charge in [0.2, 0.25) is 0 Å². The Morgan fingerprint density at radius 2 is 1.16 bits per heavy atom. The van der Waals surface area contributed by atoms with Gasteiger partial charge in [-0.3, -0.25) is 0 Å². The van der Waals surface area contributed by atoms with Crippen molar-refractivity contribution >= 4 is 38.8 Å². The summed E-state index contributed by atoms with van der Waals surface area (Å²) >= 11 is 0. The number of likely N-dealkylation sites (N-methyl/N-ethyl adjacent to an activating group) is 1. The smallest absolute Gasteiger partial charge is 0.148 e. The Balaban J connectivity index is 1.05. The van der Waals surface area contributed by atoms with Gasteiger partial charge in [-0.25, -0.2) is 15.0 Å². The Morgan fingerprint density at radius 3 is 1.73 bits per heavy atom. The fraction of sp³-hybridized carbons (Fsp3) is 0.171. The maximum atomic E-state index is 5.48. The van der Waals surface area contributed by atoms with Crippen LogP contribution in [0.2, 0.25) is 0 Å². The van der Waals surface area contributed by atoms with E-state index in [0.29, 0.717) is 0 Å². The number of terminal acetylenes is 1. The highest BCUT2D eigenvalue weighted by atomic mass is 16.5. The van der Waals surface area contributed by atoms with E-state index in [2.05, 4.69) is 74.1 Å². The maximum Gasteiger partial charge on any atom is 0.148 e. The quantitative estimate of drug-likeness (QED) is 0.207. The molecule has 4 aromatic carbocycles. The van der Waals surface area contributed by atoms with E-state index in [9.17, 15) is 0 Å². The van der Waals surface area contributed by atoms with Gasteiger partial charge in [-0.2, -0.15) is 0 Å². The molecule has 7 aromatic rings. The fourth-order valence-electron chi connectivity index (χ4n) is 5.82. The molecule has 1 fully saturated rings. The SMILES string of the molecule is C#CCOc1ccc(-c2nc3ccc(-c4nc5ccc(-c6nc7ccc(N8CCN(C)CC8)cc7[nH]6)cc5[nH]4)cc3[nH]2)cc1. The minimum absolute atomic E-state index is 0.244. The van der Waals surface area contributed by atoms with E-state index < -0.39 is 0 Å². The number of rotatable bonds is 6. The van der Waals surface area contributed by atoms with Gasteiger partial charge in [-0.05, 0) is 85.9 Å². The van der Waals surface area contributed by atoms with Crippen LogP contribution in [0.15, 0.2) is 78.9 Å². The molecule has 1 aliphatic heterocycles. The van der Waals surface area contributed by atoms with Crippen LogP contribution in [0.25, 0.3) is 67.3 Å². The fourth-order valence-corrected chi connectivity index (χ4v) is 5.82. The molecule has 216 valence electrons. The first-order valence-corrected chi connectivity index (χ1v) is 14.7. The van der Waals surface area contributed by atoms with Crippen molar-refractivity contribution in [3.8, 4) is 52.3 Å². The number of hydrogen-bond acceptors (Lipinski definition) is 6. The predicted octanol–water partition coefficient (Wildman–Crippen LogP) is 6.08. The number of nitrogens with zero attached hydrogens (tertiary/aromatic N) is 5. The zero-order valence-corrected chi connectivity index (χ0v) is 24.3. The Labute approximate surface area is 253 Å². The highest BCUT2D eigenvalue weighted by Gasteiger charge is 2.16. The van der Waals surface area contributed by atoms with Gasteiger partial charge in [0.05, 0.1) is 33.1 Å². The van der Waals surface area contributed by atoms with Crippen LogP contribution in [0.1, 0.15) is 0 Å². The maximum absolute atomic E-state index is 5.48. The highest BCUT2D eigenvalue weighted by Crippen LogP contribution is 2.30. The number of hydrogen-bond donors (Lipinski definition) is 3. The van der Waals surface area contributed by atoms with Gasteiger partial charge in [-0.1, -0.05) is 5.92 Å². The zero-order valence-electron chi connectivity index (χ0n) is 24.3. The summed E-state index contributed by atoms with van der Waals surface area (Å²) in [6.45, 7) is 4.47. The first-order valence-electron chi connectivity index (χ1n) is 14.7. The lowest BCUT2D eigenvalue weighted by Crippen LogP contribution is -2.44. The number of fused-ring (bicyclic) bond motifs is 3. The molecule has 44 heavy (non-hydrogen) atoms. The molecule has 3 N–H and O–H groups in total. The molecule has 0 radical (unpaired) electrons. The van der Waals surface area contributed by atoms with Crippen molar-refractivity contribution in [2.24, 2.45) is 0 Å². The van der Waals surface area contributed by atoms with Crippen molar-refractivity contribution < 1.29 is 4.74 Å². The average molecular weight is 579 g/mol. The minimum Gasteiger partial charge on any atom is -0.481 e. The van der Waals surface area contributed by atoms with Gasteiger partial charge >= 0.3 is 0 Å². The number of nitrogens with one attached hydrogen (secondary N) is 3. The number of aromatic amines is 3. The Bertz CT molecular complexity index is 2170. The van der Waals surface area contributed by atoms with Crippen LogP contribution in [0.3, 0.4) is 0 Å². The van der Waals surface area contributed by atoms with Gasteiger partial charge in [0.25, 0.3) is 0 Å². The molecule has 9 heteroatoms. The van der Waals surface area contributed by atoms with Crippen molar-refractivity contribution in [1.82, 2.24) is 34.8 Å². The highest BCUT2D eigenvalue weighted by molar-refractivity contribution is 5.89. The monoisotopic (exact) mass is 578 g/mol. The molecule has 0 saturated carbocycles. The van der Waals surface area contributed by atoms with E-state index in [1.807, 2.05) is 42.5 Å². The summed E-state index contributed by atoms with van der Waals surface area (Å²) in [5, 5.41) is 0. The van der Waals surface area contributed by atoms with Crippen LogP contribution < -0.4 is 9.64 Å². The second-order valence-corrected chi connectivity index (χ2v) is 11.2. The normalized spacial score (nSPS) is 14.0. The van der Waals surface area contributed by atoms with E-state index in [4.69, 9.17) is 26.1 Å². The Hall–Kier alpha value is -5.59. The Kier molecular flexibility index (Phi) is 6.28. The van der Waals surface area contributed by atoms with E-state index in [-0.39, 0.29) is 6.61 Å². The number of anilines is 1. The molecule has 0 atom stereocenters. The topological polar surface area (TPSA) is 102 Å². The molecular weight excluding hydrogens is 548 g/mol. The van der Waals surface area contributed by atoms with E-state index >= 15 is 0 Å². The summed E-state index contributed by atoms with van der Waals surface area (Å²) in [5.74, 6) is 5.64. The van der Waals surface area contributed by atoms with E-state index in [1.54, 1.807) is 0 Å². The lowest BCUT2D eigenvalue weighted by Gasteiger charge is -2.34. The molecule has 3 aromatic heterocycles. The molecule has 0 amide bonds. The van der Waals surface area contributed by atoms with Crippen LogP contribution in [-0.2, 0) is 0 Å². The molecule has 9 nitrogen and oxygen atoms in total. The second-order valence-electron chi connectivity index (χ2n) is 11.2. The van der Waals surface area contributed by atoms with Gasteiger partial charge in [0.15, 0.2) is 0 Å². The van der Waals surface area contributed by atoms with Crippen LogP contribution in [0.5, 0.6) is 5.75 Å². The molecular formula is C35H30N8O. The lowest BCUT2D eigenvalue weighted by atomic mass is 10.2. The van der Waals surface area contributed by atoms with Crippen LogP contribution in [-0.4, -0.2) is 74.6 Å². The molecule has 0 spiro atoms. The van der Waals surface area contributed by atoms with Gasteiger partial charge < -0.3 is 29.5 Å². The van der Waals surface area contributed by atoms with Crippen LogP contribution >= 0.6 is 0 Å². The number of aromatic nitrogens is 6. The third-order valence-electron chi connectivity index (χ3n) is 8.29. The number of imidazole rings is 3. The number of piperazine rings is 1. The molecule has 4 heterocycles. The third-order valence-corrected chi connectivity index (χ3v) is 8.29. The van der Waals surface area contributed by atoms with Crippen molar-refractivity contribution in [1.29, 1.82) is 0 Å². The Morgan fingerprint density at radius 1 is 0.659 bits per heavy atom. The molecule has 1 aliphatic rings. The van der Waals surface area contributed by atoms with Gasteiger partial charge in [-0.15, -0.1) is 6.42 Å². The summed E-state index contributed by atoms with van der Waals surface area (Å²) in [6, 6.07) is 26.6. The van der Waals surface area contributed by atoms with Crippen molar-refractivity contribution in [2.45, 2.75) is 0 Å². The van der Waals surface area contributed by atoms with Crippen molar-refractivity contribution in [2.75, 3.05) is 44.7 Å². The van der Waals surface area contributed by atoms with E-state index in [1.165, 1.54) is 5.69 Å². The van der Waals surface area contributed by atoms with E-state index in [0.717, 1.165) is 99.2 Å². The third kappa shape index (κ3) is 4.81. The molecule has 0 unspecified atom stereocenters. The summed E-state index contributed by atoms with van der Waals surface area (Å²) in [5.41, 5.74) is 9.86. The second kappa shape index (κ2) is 10.6. The van der Waals surface area contributed by atoms with Crippen LogP contribution in [0.4, 0.5) is 5.69 Å². The van der Waals surface area contributed by atoms with Crippen LogP contribution in [0, 0.1) is 12.3 Å².